The average molecular weight is 1000 g/mol. The molecule has 1 aliphatic rings. The summed E-state index contributed by atoms with van der Waals surface area (Å²) in [5, 5.41) is 0. The summed E-state index contributed by atoms with van der Waals surface area (Å²) in [5.41, 5.74) is 3.84. The molecule has 7 nitrogen and oxygen atoms in total. The Hall–Kier alpha value is -5.23. The van der Waals surface area contributed by atoms with E-state index < -0.39 is 0 Å². The van der Waals surface area contributed by atoms with Crippen LogP contribution in [-0.4, -0.2) is 38.9 Å². The van der Waals surface area contributed by atoms with Crippen LogP contribution in [0.15, 0.2) is 122 Å². The molecule has 0 fully saturated rings. The first-order valence-electron chi connectivity index (χ1n) is 14.5. The van der Waals surface area contributed by atoms with Crippen LogP contribution in [0.5, 0.6) is 28.7 Å². The SMILES string of the molecule is COc1cc(Oc2[c-]cccc2)[c-]c(-c2[c-]cnc(-c3[c-]c(Oc4[c-]c([N+]5=C=[N+](C)C=C5)ccc4)ccc3)c2)c1.[C-]#Cn1cccc1.[Pt+2].[Pt+4]. The summed E-state index contributed by atoms with van der Waals surface area (Å²) in [4.78, 5) is 4.53. The Morgan fingerprint density at radius 3 is 2.20 bits per heavy atom. The summed E-state index contributed by atoms with van der Waals surface area (Å²) in [6.07, 6.45) is 15.5. The van der Waals surface area contributed by atoms with Crippen molar-refractivity contribution >= 4 is 11.7 Å². The molecule has 0 saturated carbocycles. The molecule has 7 rings (SSSR count). The van der Waals surface area contributed by atoms with Crippen LogP contribution < -0.4 is 14.2 Å². The average Bonchev–Trinajstić information content (AvgIpc) is 3.81. The van der Waals surface area contributed by atoms with E-state index in [0.717, 1.165) is 22.4 Å². The predicted octanol–water partition coefficient (Wildman–Crippen LogP) is 7.83. The van der Waals surface area contributed by atoms with Gasteiger partial charge in [0, 0.05) is 41.1 Å². The molecule has 0 unspecified atom stereocenters. The molecule has 0 saturated heterocycles. The fraction of sp³-hybridized carbons (Fsp3) is 0.0500. The van der Waals surface area contributed by atoms with Crippen LogP contribution in [0, 0.1) is 42.8 Å². The van der Waals surface area contributed by atoms with E-state index in [0.29, 0.717) is 34.4 Å². The smallest absolute Gasteiger partial charge is 0.669 e. The van der Waals surface area contributed by atoms with Gasteiger partial charge in [0.05, 0.1) is 7.11 Å². The van der Waals surface area contributed by atoms with Gasteiger partial charge < -0.3 is 30.2 Å². The molecule has 3 heterocycles. The summed E-state index contributed by atoms with van der Waals surface area (Å²) in [6.45, 7) is 0. The van der Waals surface area contributed by atoms with Gasteiger partial charge in [-0.3, -0.25) is 5.56 Å². The Morgan fingerprint density at radius 1 is 0.776 bits per heavy atom. The predicted molar refractivity (Wildman–Crippen MR) is 176 cm³/mol. The van der Waals surface area contributed by atoms with Crippen LogP contribution in [0.1, 0.15) is 0 Å². The first-order valence-corrected chi connectivity index (χ1v) is 14.5. The van der Waals surface area contributed by atoms with Crippen LogP contribution in [0.3, 0.4) is 0 Å². The molecule has 0 amide bonds. The first kappa shape index (κ1) is 36.6. The number of ether oxygens (including phenoxy) is 3. The van der Waals surface area contributed by atoms with E-state index in [9.17, 15) is 0 Å². The third-order valence-electron chi connectivity index (χ3n) is 6.66. The van der Waals surface area contributed by atoms with Gasteiger partial charge in [-0.05, 0) is 12.1 Å². The van der Waals surface area contributed by atoms with E-state index >= 15 is 0 Å². The first-order chi connectivity index (χ1) is 23.1. The zero-order valence-electron chi connectivity index (χ0n) is 26.2. The van der Waals surface area contributed by atoms with E-state index in [1.54, 1.807) is 42.4 Å². The van der Waals surface area contributed by atoms with Crippen LogP contribution in [0.25, 0.3) is 22.4 Å². The van der Waals surface area contributed by atoms with Crippen molar-refractivity contribution in [3.8, 4) is 57.2 Å². The monoisotopic (exact) mass is 1000 g/mol. The summed E-state index contributed by atoms with van der Waals surface area (Å²) >= 11 is 0. The second-order valence-corrected chi connectivity index (χ2v) is 9.98. The van der Waals surface area contributed by atoms with Gasteiger partial charge in [0.15, 0.2) is 7.05 Å². The molecule has 49 heavy (non-hydrogen) atoms. The number of hydrogen-bond acceptors (Lipinski definition) is 4. The number of hydrogen-bond donors (Lipinski definition) is 0. The fourth-order valence-corrected chi connectivity index (χ4v) is 4.44. The zero-order valence-corrected chi connectivity index (χ0v) is 30.7. The normalized spacial score (nSPS) is 11.0. The Labute approximate surface area is 315 Å². The molecular weight excluding hydrogens is 975 g/mol. The molecule has 2 aromatic heterocycles. The largest absolute Gasteiger partial charge is 4.00 e. The Morgan fingerprint density at radius 2 is 1.51 bits per heavy atom. The van der Waals surface area contributed by atoms with Gasteiger partial charge in [-0.2, -0.15) is 36.4 Å². The van der Waals surface area contributed by atoms with E-state index in [1.165, 1.54) is 0 Å². The van der Waals surface area contributed by atoms with Gasteiger partial charge in [0.25, 0.3) is 6.20 Å². The van der Waals surface area contributed by atoms with Gasteiger partial charge >= 0.3 is 48.1 Å². The molecule has 0 atom stereocenters. The van der Waals surface area contributed by atoms with E-state index in [2.05, 4.69) is 47.4 Å². The van der Waals surface area contributed by atoms with Gasteiger partial charge in [-0.15, -0.1) is 42.0 Å². The molecule has 0 spiro atoms. The summed E-state index contributed by atoms with van der Waals surface area (Å²) in [5.74, 6) is 2.85. The summed E-state index contributed by atoms with van der Waals surface area (Å²) < 4.78 is 22.8. The second kappa shape index (κ2) is 17.8. The second-order valence-electron chi connectivity index (χ2n) is 9.98. The number of methoxy groups -OCH3 is 1. The number of rotatable bonds is 8. The molecule has 0 aliphatic carbocycles. The molecule has 4 aromatic carbocycles. The molecule has 0 bridgehead atoms. The number of nitrogens with zero attached hydrogens (tertiary/aromatic N) is 4. The van der Waals surface area contributed by atoms with Gasteiger partial charge in [-0.25, -0.2) is 23.7 Å². The van der Waals surface area contributed by atoms with Crippen molar-refractivity contribution in [2.24, 2.45) is 0 Å². The van der Waals surface area contributed by atoms with Crippen LogP contribution >= 0.6 is 0 Å². The number of aromatic nitrogens is 2. The molecule has 1 aliphatic heterocycles. The van der Waals surface area contributed by atoms with Crippen molar-refractivity contribution < 1.29 is 65.5 Å². The van der Waals surface area contributed by atoms with Crippen molar-refractivity contribution in [1.29, 1.82) is 0 Å². The van der Waals surface area contributed by atoms with Crippen molar-refractivity contribution in [3.05, 3.63) is 159 Å². The number of para-hydroxylation sites is 1. The van der Waals surface area contributed by atoms with Gasteiger partial charge in [0.2, 0.25) is 6.20 Å². The van der Waals surface area contributed by atoms with Crippen molar-refractivity contribution in [1.82, 2.24) is 9.55 Å². The minimum Gasteiger partial charge on any atom is -0.669 e. The zero-order chi connectivity index (χ0) is 32.4. The van der Waals surface area contributed by atoms with Crippen LogP contribution in [-0.2, 0) is 42.1 Å². The molecule has 6 aromatic rings. The van der Waals surface area contributed by atoms with Crippen LogP contribution in [0.4, 0.5) is 5.69 Å². The van der Waals surface area contributed by atoms with E-state index in [4.69, 9.17) is 20.6 Å². The molecule has 242 valence electrons. The Kier molecular flexibility index (Phi) is 13.3. The molecule has 9 heteroatoms. The van der Waals surface area contributed by atoms with Crippen molar-refractivity contribution in [3.63, 3.8) is 0 Å². The quantitative estimate of drug-likeness (QED) is 0.0888. The Bertz CT molecular complexity index is 2150. The van der Waals surface area contributed by atoms with E-state index in [-0.39, 0.29) is 42.1 Å². The minimum absolute atomic E-state index is 0. The molecular formula is C40H26N4O3Pt2+2. The number of benzene rings is 4. The summed E-state index contributed by atoms with van der Waals surface area (Å²) in [7, 11) is 3.53. The van der Waals surface area contributed by atoms with Crippen LogP contribution in [0.2, 0.25) is 0 Å². The molecule has 0 radical (unpaired) electrons. The maximum Gasteiger partial charge on any atom is 4.00 e. The Balaban J connectivity index is 0.000000537. The molecule has 0 N–H and O–H groups in total. The maximum atomic E-state index is 6.57. The third kappa shape index (κ3) is 9.89. The third-order valence-corrected chi connectivity index (χ3v) is 6.66. The maximum absolute atomic E-state index is 6.57. The number of pyridine rings is 1. The van der Waals surface area contributed by atoms with E-state index in [1.807, 2.05) is 107 Å². The van der Waals surface area contributed by atoms with Gasteiger partial charge in [-0.1, -0.05) is 45.3 Å². The topological polar surface area (TPSA) is 51.5 Å². The minimum atomic E-state index is 0. The fourth-order valence-electron chi connectivity index (χ4n) is 4.44. The summed E-state index contributed by atoms with van der Waals surface area (Å²) in [6, 6.07) is 49.6. The van der Waals surface area contributed by atoms with Gasteiger partial charge in [0.1, 0.15) is 5.69 Å². The van der Waals surface area contributed by atoms with Crippen molar-refractivity contribution in [2.75, 3.05) is 14.2 Å². The van der Waals surface area contributed by atoms with Crippen molar-refractivity contribution in [2.45, 2.75) is 0 Å². The standard InChI is InChI=1S/C34H22N3O3.C6H4N.2Pt/c1-36-16-17-37(24-36)28-9-7-13-31(22-28)40-30-12-6-8-26(18-30)34-21-25(14-15-35-34)27-19-32(38-2)23-33(20-27)39-29-10-4-3-5-11-29;1-2-7-5-3-4-6-7;;/h3-10,12-13,15-17,19,21,23H,1-2H3;3-6H;;/q-3;-1;+2;+4.